The predicted molar refractivity (Wildman–Crippen MR) is 157 cm³/mol. The van der Waals surface area contributed by atoms with Crippen molar-refractivity contribution >= 4 is 42.3 Å². The van der Waals surface area contributed by atoms with Gasteiger partial charge in [0.2, 0.25) is 0 Å². The van der Waals surface area contributed by atoms with Gasteiger partial charge in [-0.3, -0.25) is 4.31 Å². The lowest BCUT2D eigenvalue weighted by Crippen LogP contribution is -2.44. The predicted octanol–water partition coefficient (Wildman–Crippen LogP) is 4.98. The van der Waals surface area contributed by atoms with Crippen molar-refractivity contribution in [3.63, 3.8) is 0 Å². The van der Waals surface area contributed by atoms with Crippen molar-refractivity contribution in [1.29, 1.82) is 0 Å². The van der Waals surface area contributed by atoms with Gasteiger partial charge in [-0.1, -0.05) is 30.3 Å². The number of methoxy groups -OCH3 is 2. The molecule has 11 heteroatoms. The molecular weight excluding hydrogens is 566 g/mol. The number of ether oxygens (including phenoxy) is 3. The van der Waals surface area contributed by atoms with E-state index in [1.54, 1.807) is 49.4 Å². The molecule has 9 nitrogen and oxygen atoms in total. The number of sulfonamides is 1. The lowest BCUT2D eigenvalue weighted by molar-refractivity contribution is -0.144. The molecule has 4 rings (SSSR count). The summed E-state index contributed by atoms with van der Waals surface area (Å²) < 4.78 is 71.2. The van der Waals surface area contributed by atoms with E-state index < -0.39 is 31.9 Å². The highest BCUT2D eigenvalue weighted by Crippen LogP contribution is 2.36. The zero-order chi connectivity index (χ0) is 29.8. The molecule has 4 aromatic rings. The summed E-state index contributed by atoms with van der Waals surface area (Å²) in [4.78, 5) is 13.0. The minimum absolute atomic E-state index is 0.0512. The van der Waals surface area contributed by atoms with Crippen LogP contribution in [-0.4, -0.2) is 49.7 Å². The Kier molecular flexibility index (Phi) is 8.89. The molecule has 0 aromatic heterocycles. The van der Waals surface area contributed by atoms with Crippen molar-refractivity contribution in [2.45, 2.75) is 35.4 Å². The second kappa shape index (κ2) is 12.2. The van der Waals surface area contributed by atoms with Gasteiger partial charge in [0.05, 0.1) is 42.1 Å². The van der Waals surface area contributed by atoms with Gasteiger partial charge in [-0.15, -0.1) is 0 Å². The van der Waals surface area contributed by atoms with Gasteiger partial charge >= 0.3 is 5.97 Å². The normalized spacial score (nSPS) is 12.5. The lowest BCUT2D eigenvalue weighted by atomic mass is 10.0. The zero-order valence-electron chi connectivity index (χ0n) is 23.1. The molecular formula is C30H31NO8S2. The molecule has 0 aliphatic carbocycles. The maximum absolute atomic E-state index is 14.0. The van der Waals surface area contributed by atoms with Gasteiger partial charge in [-0.25, -0.2) is 21.6 Å². The number of carbonyl (C=O) groups is 1. The van der Waals surface area contributed by atoms with E-state index in [9.17, 15) is 21.6 Å². The van der Waals surface area contributed by atoms with Gasteiger partial charge in [0.15, 0.2) is 9.84 Å². The number of carbonyl (C=O) groups excluding carboxylic acids is 1. The van der Waals surface area contributed by atoms with E-state index in [2.05, 4.69) is 0 Å². The van der Waals surface area contributed by atoms with Crippen LogP contribution in [0.5, 0.6) is 11.5 Å². The molecule has 0 saturated heterocycles. The first-order chi connectivity index (χ1) is 19.5. The minimum Gasteiger partial charge on any atom is -0.497 e. The Hall–Kier alpha value is -4.09. The summed E-state index contributed by atoms with van der Waals surface area (Å²) in [5.74, 6) is -0.0343. The summed E-state index contributed by atoms with van der Waals surface area (Å²) in [6.45, 7) is 3.17. The van der Waals surface area contributed by atoms with E-state index in [0.717, 1.165) is 4.31 Å². The number of esters is 1. The highest BCUT2D eigenvalue weighted by Gasteiger charge is 2.35. The number of hydrogen-bond acceptors (Lipinski definition) is 8. The van der Waals surface area contributed by atoms with Crippen LogP contribution in [0.4, 0.5) is 5.69 Å². The van der Waals surface area contributed by atoms with E-state index in [1.807, 2.05) is 0 Å². The fourth-order valence-electron chi connectivity index (χ4n) is 4.50. The molecule has 0 fully saturated rings. The van der Waals surface area contributed by atoms with Crippen LogP contribution < -0.4 is 13.8 Å². The SMILES string of the molecule is CCOC(=O)[C@H](C)N(c1ccc(CS(=O)(=O)c2ccc(OC)cc2)c2ccccc12)S(=O)(=O)c1ccc(OC)cc1. The Morgan fingerprint density at radius 2 is 1.29 bits per heavy atom. The number of benzene rings is 4. The monoisotopic (exact) mass is 597 g/mol. The fraction of sp³-hybridized carbons (Fsp3) is 0.233. The smallest absolute Gasteiger partial charge is 0.329 e. The van der Waals surface area contributed by atoms with Crippen molar-refractivity contribution in [2.24, 2.45) is 0 Å². The molecule has 0 aliphatic heterocycles. The molecule has 0 saturated carbocycles. The maximum Gasteiger partial charge on any atom is 0.329 e. The number of rotatable bonds is 11. The van der Waals surface area contributed by atoms with Crippen molar-refractivity contribution in [3.8, 4) is 11.5 Å². The average molecular weight is 598 g/mol. The van der Waals surface area contributed by atoms with Crippen molar-refractivity contribution in [3.05, 3.63) is 90.5 Å². The third-order valence-electron chi connectivity index (χ3n) is 6.59. The Morgan fingerprint density at radius 3 is 1.83 bits per heavy atom. The standard InChI is InChI=1S/C30H31NO8S2/c1-5-39-30(32)21(2)31(41(35,36)26-17-13-24(38-4)14-18-26)29-19-10-22(27-8-6-7-9-28(27)29)20-40(33,34)25-15-11-23(37-3)12-16-25/h6-19,21H,5,20H2,1-4H3/t21-/m0/s1. The Morgan fingerprint density at radius 1 is 0.756 bits per heavy atom. The lowest BCUT2D eigenvalue weighted by Gasteiger charge is -2.30. The molecule has 0 bridgehead atoms. The molecule has 0 N–H and O–H groups in total. The molecule has 0 unspecified atom stereocenters. The van der Waals surface area contributed by atoms with Crippen LogP contribution in [0, 0.1) is 0 Å². The van der Waals surface area contributed by atoms with Crippen molar-refractivity contribution in [2.75, 3.05) is 25.1 Å². The van der Waals surface area contributed by atoms with Gasteiger partial charge in [0.1, 0.15) is 17.5 Å². The second-order valence-corrected chi connectivity index (χ2v) is 12.9. The summed E-state index contributed by atoms with van der Waals surface area (Å²) in [7, 11) is -5.06. The summed E-state index contributed by atoms with van der Waals surface area (Å²) in [6.07, 6.45) is 0. The number of fused-ring (bicyclic) bond motifs is 1. The maximum atomic E-state index is 14.0. The molecule has 0 aliphatic rings. The Bertz CT molecular complexity index is 1750. The van der Waals surface area contributed by atoms with Gasteiger partial charge < -0.3 is 14.2 Å². The van der Waals surface area contributed by atoms with E-state index >= 15 is 0 Å². The number of sulfone groups is 1. The van der Waals surface area contributed by atoms with Crippen LogP contribution in [0.2, 0.25) is 0 Å². The third-order valence-corrected chi connectivity index (χ3v) is 10.2. The molecule has 0 heterocycles. The van der Waals surface area contributed by atoms with E-state index in [-0.39, 0.29) is 27.8 Å². The van der Waals surface area contributed by atoms with Gasteiger partial charge in [0.25, 0.3) is 10.0 Å². The third kappa shape index (κ3) is 6.15. The molecule has 0 radical (unpaired) electrons. The fourth-order valence-corrected chi connectivity index (χ4v) is 7.51. The van der Waals surface area contributed by atoms with Crippen LogP contribution in [-0.2, 0) is 35.1 Å². The first-order valence-corrected chi connectivity index (χ1v) is 15.8. The highest BCUT2D eigenvalue weighted by atomic mass is 32.2. The van der Waals surface area contributed by atoms with Crippen molar-refractivity contribution < 1.29 is 35.8 Å². The highest BCUT2D eigenvalue weighted by molar-refractivity contribution is 7.93. The van der Waals surface area contributed by atoms with E-state index in [1.165, 1.54) is 63.6 Å². The largest absolute Gasteiger partial charge is 0.497 e. The number of nitrogens with zero attached hydrogens (tertiary/aromatic N) is 1. The molecule has 216 valence electrons. The summed E-state index contributed by atoms with van der Waals surface area (Å²) in [6, 6.07) is 20.7. The average Bonchev–Trinajstić information content (AvgIpc) is 2.98. The molecule has 4 aromatic carbocycles. The van der Waals surface area contributed by atoms with Crippen molar-refractivity contribution in [1.82, 2.24) is 0 Å². The van der Waals surface area contributed by atoms with Crippen LogP contribution in [0.1, 0.15) is 19.4 Å². The summed E-state index contributed by atoms with van der Waals surface area (Å²) >= 11 is 0. The quantitative estimate of drug-likeness (QED) is 0.222. The first-order valence-electron chi connectivity index (χ1n) is 12.8. The van der Waals surface area contributed by atoms with E-state index in [0.29, 0.717) is 27.8 Å². The zero-order valence-corrected chi connectivity index (χ0v) is 24.7. The second-order valence-electron chi connectivity index (χ2n) is 9.13. The topological polar surface area (TPSA) is 116 Å². The molecule has 0 spiro atoms. The van der Waals surface area contributed by atoms with Crippen LogP contribution in [0.25, 0.3) is 10.8 Å². The molecule has 41 heavy (non-hydrogen) atoms. The Balaban J connectivity index is 1.86. The number of hydrogen-bond donors (Lipinski definition) is 0. The van der Waals surface area contributed by atoms with Gasteiger partial charge in [0, 0.05) is 5.39 Å². The number of anilines is 1. The van der Waals surface area contributed by atoms with Gasteiger partial charge in [-0.2, -0.15) is 0 Å². The van der Waals surface area contributed by atoms with Crippen LogP contribution in [0.15, 0.2) is 94.7 Å². The van der Waals surface area contributed by atoms with Gasteiger partial charge in [-0.05, 0) is 79.4 Å². The van der Waals surface area contributed by atoms with E-state index in [4.69, 9.17) is 14.2 Å². The Labute approximate surface area is 240 Å². The summed E-state index contributed by atoms with van der Waals surface area (Å²) in [5.41, 5.74) is 0.688. The van der Waals surface area contributed by atoms with Crippen LogP contribution in [0.3, 0.4) is 0 Å². The minimum atomic E-state index is -4.28. The summed E-state index contributed by atoms with van der Waals surface area (Å²) in [5, 5.41) is 0.997. The first kappa shape index (κ1) is 29.9. The van der Waals surface area contributed by atoms with Crippen LogP contribution >= 0.6 is 0 Å². The molecule has 0 amide bonds. The molecule has 1 atom stereocenters.